The van der Waals surface area contributed by atoms with Crippen molar-refractivity contribution in [3.8, 4) is 0 Å². The van der Waals surface area contributed by atoms with Gasteiger partial charge in [0.05, 0.1) is 0 Å². The third-order valence-corrected chi connectivity index (χ3v) is 3.03. The Morgan fingerprint density at radius 2 is 2.00 bits per heavy atom. The molecule has 1 atom stereocenters. The Morgan fingerprint density at radius 3 is 2.53 bits per heavy atom. The zero-order valence-corrected chi connectivity index (χ0v) is 8.82. The molecule has 2 rings (SSSR count). The van der Waals surface area contributed by atoms with Crippen LogP contribution in [0.1, 0.15) is 17.5 Å². The molecule has 3 heteroatoms. The summed E-state index contributed by atoms with van der Waals surface area (Å²) >= 11 is 0. The van der Waals surface area contributed by atoms with Gasteiger partial charge in [-0.2, -0.15) is 0 Å². The molecule has 15 heavy (non-hydrogen) atoms. The molecule has 0 spiro atoms. The maximum atomic E-state index is 13.3. The lowest BCUT2D eigenvalue weighted by atomic mass is 9.97. The van der Waals surface area contributed by atoms with E-state index in [0.717, 1.165) is 31.5 Å². The van der Waals surface area contributed by atoms with Crippen LogP contribution in [-0.4, -0.2) is 13.1 Å². The van der Waals surface area contributed by atoms with Crippen molar-refractivity contribution in [2.24, 2.45) is 5.92 Å². The monoisotopic (exact) mass is 211 g/mol. The summed E-state index contributed by atoms with van der Waals surface area (Å²) in [7, 11) is 0. The van der Waals surface area contributed by atoms with Crippen LogP contribution in [0.15, 0.2) is 12.1 Å². The van der Waals surface area contributed by atoms with E-state index in [0.29, 0.717) is 5.92 Å². The summed E-state index contributed by atoms with van der Waals surface area (Å²) in [5.41, 5.74) is 0.882. The first kappa shape index (κ1) is 10.6. The van der Waals surface area contributed by atoms with Crippen molar-refractivity contribution in [1.82, 2.24) is 5.32 Å². The molecule has 1 nitrogen and oxygen atoms in total. The third-order valence-electron chi connectivity index (χ3n) is 3.03. The van der Waals surface area contributed by atoms with Gasteiger partial charge in [-0.15, -0.1) is 0 Å². The minimum atomic E-state index is -0.434. The summed E-state index contributed by atoms with van der Waals surface area (Å²) < 4.78 is 26.5. The number of rotatable bonds is 2. The third kappa shape index (κ3) is 2.34. The minimum Gasteiger partial charge on any atom is -0.316 e. The first-order valence-electron chi connectivity index (χ1n) is 5.32. The summed E-state index contributed by atoms with van der Waals surface area (Å²) in [4.78, 5) is 0. The Balaban J connectivity index is 2.14. The van der Waals surface area contributed by atoms with Crippen molar-refractivity contribution in [2.45, 2.75) is 19.8 Å². The molecule has 1 unspecified atom stereocenters. The summed E-state index contributed by atoms with van der Waals surface area (Å²) in [6.45, 7) is 3.43. The van der Waals surface area contributed by atoms with Crippen LogP contribution in [-0.2, 0) is 6.42 Å². The lowest BCUT2D eigenvalue weighted by molar-refractivity contribution is 0.546. The zero-order valence-electron chi connectivity index (χ0n) is 8.82. The van der Waals surface area contributed by atoms with E-state index in [1.807, 2.05) is 0 Å². The van der Waals surface area contributed by atoms with Crippen LogP contribution in [0.4, 0.5) is 8.78 Å². The summed E-state index contributed by atoms with van der Waals surface area (Å²) in [6.07, 6.45) is 1.86. The van der Waals surface area contributed by atoms with Gasteiger partial charge in [-0.25, -0.2) is 8.78 Å². The van der Waals surface area contributed by atoms with Crippen molar-refractivity contribution in [3.05, 3.63) is 34.9 Å². The fraction of sp³-hybridized carbons (Fsp3) is 0.500. The molecule has 0 saturated carbocycles. The Labute approximate surface area is 88.5 Å². The van der Waals surface area contributed by atoms with Crippen molar-refractivity contribution in [1.29, 1.82) is 0 Å². The summed E-state index contributed by atoms with van der Waals surface area (Å²) in [6, 6.07) is 2.91. The standard InChI is InChI=1S/C12H15F2N/c1-8-11(13)5-10(6-12(8)14)4-9-2-3-15-7-9/h5-6,9,15H,2-4,7H2,1H3. The molecule has 0 amide bonds. The van der Waals surface area contributed by atoms with E-state index in [1.54, 1.807) is 0 Å². The van der Waals surface area contributed by atoms with E-state index in [-0.39, 0.29) is 5.56 Å². The molecule has 1 heterocycles. The van der Waals surface area contributed by atoms with Crippen molar-refractivity contribution < 1.29 is 8.78 Å². The van der Waals surface area contributed by atoms with Crippen LogP contribution in [0.3, 0.4) is 0 Å². The minimum absolute atomic E-state index is 0.114. The van der Waals surface area contributed by atoms with Gasteiger partial charge in [0.2, 0.25) is 0 Å². The van der Waals surface area contributed by atoms with Gasteiger partial charge in [0.25, 0.3) is 0 Å². The highest BCUT2D eigenvalue weighted by Gasteiger charge is 2.16. The Hall–Kier alpha value is -0.960. The predicted octanol–water partition coefficient (Wildman–Crippen LogP) is 2.43. The Bertz CT molecular complexity index is 334. The van der Waals surface area contributed by atoms with Gasteiger partial charge in [-0.1, -0.05) is 0 Å². The van der Waals surface area contributed by atoms with E-state index in [1.165, 1.54) is 19.1 Å². The normalized spacial score (nSPS) is 20.9. The lowest BCUT2D eigenvalue weighted by Gasteiger charge is -2.09. The van der Waals surface area contributed by atoms with E-state index in [4.69, 9.17) is 0 Å². The molecule has 0 bridgehead atoms. The highest BCUT2D eigenvalue weighted by molar-refractivity contribution is 5.25. The highest BCUT2D eigenvalue weighted by Crippen LogP contribution is 2.19. The van der Waals surface area contributed by atoms with Crippen LogP contribution >= 0.6 is 0 Å². The SMILES string of the molecule is Cc1c(F)cc(CC2CCNC2)cc1F. The Morgan fingerprint density at radius 1 is 1.33 bits per heavy atom. The molecule has 1 aliphatic heterocycles. The first-order valence-corrected chi connectivity index (χ1v) is 5.32. The number of hydrogen-bond acceptors (Lipinski definition) is 1. The average molecular weight is 211 g/mol. The van der Waals surface area contributed by atoms with Crippen LogP contribution < -0.4 is 5.32 Å². The van der Waals surface area contributed by atoms with E-state index < -0.39 is 11.6 Å². The molecule has 0 radical (unpaired) electrons. The fourth-order valence-corrected chi connectivity index (χ4v) is 2.04. The van der Waals surface area contributed by atoms with Gasteiger partial charge in [-0.3, -0.25) is 0 Å². The van der Waals surface area contributed by atoms with E-state index in [2.05, 4.69) is 5.32 Å². The van der Waals surface area contributed by atoms with Crippen LogP contribution in [0.25, 0.3) is 0 Å². The van der Waals surface area contributed by atoms with Gasteiger partial charge in [0.1, 0.15) is 11.6 Å². The molecule has 1 saturated heterocycles. The van der Waals surface area contributed by atoms with E-state index >= 15 is 0 Å². The molecule has 1 fully saturated rings. The molecule has 0 aromatic heterocycles. The van der Waals surface area contributed by atoms with Crippen LogP contribution in [0.2, 0.25) is 0 Å². The molecule has 82 valence electrons. The number of halogens is 2. The maximum Gasteiger partial charge on any atom is 0.129 e. The second-order valence-corrected chi connectivity index (χ2v) is 4.25. The van der Waals surface area contributed by atoms with Gasteiger partial charge < -0.3 is 5.32 Å². The quantitative estimate of drug-likeness (QED) is 0.792. The first-order chi connectivity index (χ1) is 7.16. The van der Waals surface area contributed by atoms with Crippen molar-refractivity contribution >= 4 is 0 Å². The number of benzene rings is 1. The van der Waals surface area contributed by atoms with Crippen LogP contribution in [0, 0.1) is 24.5 Å². The smallest absolute Gasteiger partial charge is 0.129 e. The number of nitrogens with one attached hydrogen (secondary N) is 1. The lowest BCUT2D eigenvalue weighted by Crippen LogP contribution is -2.11. The second-order valence-electron chi connectivity index (χ2n) is 4.25. The fourth-order valence-electron chi connectivity index (χ4n) is 2.04. The molecule has 0 aliphatic carbocycles. The molecule has 1 aromatic rings. The number of hydrogen-bond donors (Lipinski definition) is 1. The largest absolute Gasteiger partial charge is 0.316 e. The zero-order chi connectivity index (χ0) is 10.8. The highest BCUT2D eigenvalue weighted by atomic mass is 19.1. The molecule has 1 aliphatic rings. The van der Waals surface area contributed by atoms with Gasteiger partial charge in [0, 0.05) is 5.56 Å². The summed E-state index contributed by atoms with van der Waals surface area (Å²) in [5.74, 6) is -0.349. The van der Waals surface area contributed by atoms with Gasteiger partial charge in [-0.05, 0) is 56.5 Å². The average Bonchev–Trinajstić information content (AvgIpc) is 2.66. The van der Waals surface area contributed by atoms with Crippen molar-refractivity contribution in [3.63, 3.8) is 0 Å². The van der Waals surface area contributed by atoms with Crippen LogP contribution in [0.5, 0.6) is 0 Å². The molecular formula is C12H15F2N. The van der Waals surface area contributed by atoms with Gasteiger partial charge >= 0.3 is 0 Å². The maximum absolute atomic E-state index is 13.3. The van der Waals surface area contributed by atoms with Crippen molar-refractivity contribution in [2.75, 3.05) is 13.1 Å². The molecular weight excluding hydrogens is 196 g/mol. The van der Waals surface area contributed by atoms with E-state index in [9.17, 15) is 8.78 Å². The predicted molar refractivity (Wildman–Crippen MR) is 55.8 cm³/mol. The Kier molecular flexibility index (Phi) is 3.00. The summed E-state index contributed by atoms with van der Waals surface area (Å²) in [5, 5.41) is 3.25. The molecule has 1 N–H and O–H groups in total. The van der Waals surface area contributed by atoms with Gasteiger partial charge in [0.15, 0.2) is 0 Å². The second kappa shape index (κ2) is 4.27. The molecule has 1 aromatic carbocycles. The topological polar surface area (TPSA) is 12.0 Å².